The number of benzene rings is 3. The molecule has 1 fully saturated rings. The molecule has 1 atom stereocenters. The number of ether oxygens (including phenoxy) is 3. The Hall–Kier alpha value is -3.64. The van der Waals surface area contributed by atoms with Crippen molar-refractivity contribution in [2.45, 2.75) is 23.8 Å². The molecule has 2 aliphatic heterocycles. The number of nitrogens with one attached hydrogen (secondary N) is 1. The second-order valence-electron chi connectivity index (χ2n) is 11.4. The van der Waals surface area contributed by atoms with Crippen molar-refractivity contribution in [3.63, 3.8) is 0 Å². The molecular weight excluding hydrogens is 570 g/mol. The maximum atomic E-state index is 13.3. The summed E-state index contributed by atoms with van der Waals surface area (Å²) in [7, 11) is -0.464. The summed E-state index contributed by atoms with van der Waals surface area (Å²) in [5.74, 6) is 1.49. The van der Waals surface area contributed by atoms with Crippen molar-refractivity contribution in [3.8, 4) is 28.4 Å². The number of carbonyl (C=O) groups excluding carboxylic acids is 1. The van der Waals surface area contributed by atoms with E-state index in [-0.39, 0.29) is 41.7 Å². The zero-order valence-electron chi connectivity index (χ0n) is 24.6. The third-order valence-corrected chi connectivity index (χ3v) is 9.55. The van der Waals surface area contributed by atoms with Crippen LogP contribution in [0.1, 0.15) is 12.8 Å². The molecule has 10 nitrogen and oxygen atoms in total. The quantitative estimate of drug-likeness (QED) is 0.454. The molecule has 0 aromatic heterocycles. The molecular formula is C32H39N3O7S. The van der Waals surface area contributed by atoms with Gasteiger partial charge in [0, 0.05) is 38.1 Å². The van der Waals surface area contributed by atoms with Crippen LogP contribution in [0.3, 0.4) is 0 Å². The lowest BCUT2D eigenvalue weighted by atomic mass is 9.78. The fourth-order valence-corrected chi connectivity index (χ4v) is 6.93. The van der Waals surface area contributed by atoms with E-state index in [0.717, 1.165) is 11.1 Å². The molecule has 0 saturated carbocycles. The highest BCUT2D eigenvalue weighted by molar-refractivity contribution is 7.89. The smallest absolute Gasteiger partial charge is 0.260 e. The zero-order valence-corrected chi connectivity index (χ0v) is 25.4. The number of sulfonamides is 1. The Balaban J connectivity index is 1.38. The van der Waals surface area contributed by atoms with Crippen molar-refractivity contribution in [1.29, 1.82) is 0 Å². The summed E-state index contributed by atoms with van der Waals surface area (Å²) < 4.78 is 46.7. The molecule has 2 N–H and O–H groups in total. The number of amides is 1. The minimum atomic E-state index is -3.97. The number of rotatable bonds is 5. The summed E-state index contributed by atoms with van der Waals surface area (Å²) in [6.07, 6.45) is 0.411. The third kappa shape index (κ3) is 7.66. The van der Waals surface area contributed by atoms with Crippen LogP contribution in [0.4, 0.5) is 0 Å². The highest BCUT2D eigenvalue weighted by atomic mass is 32.2. The molecule has 0 aliphatic carbocycles. The highest BCUT2D eigenvalue weighted by Gasteiger charge is 2.39. The number of para-hydroxylation sites is 1. The fourth-order valence-electron chi connectivity index (χ4n) is 5.73. The maximum absolute atomic E-state index is 13.3. The third-order valence-electron chi connectivity index (χ3n) is 8.09. The van der Waals surface area contributed by atoms with Gasteiger partial charge in [0.25, 0.3) is 5.91 Å². The van der Waals surface area contributed by atoms with Gasteiger partial charge in [0.05, 0.1) is 19.8 Å². The number of aliphatic hydroxyl groups excluding tert-OH is 1. The normalized spacial score (nSPS) is 20.6. The molecule has 5 rings (SSSR count). The van der Waals surface area contributed by atoms with Crippen LogP contribution in [-0.4, -0.2) is 95.4 Å². The fraction of sp³-hybridized carbons (Fsp3) is 0.406. The number of aliphatic hydroxyl groups is 1. The van der Waals surface area contributed by atoms with E-state index in [1.807, 2.05) is 71.4 Å². The van der Waals surface area contributed by atoms with Gasteiger partial charge in [-0.05, 0) is 67.4 Å². The molecule has 0 radical (unpaired) electrons. The van der Waals surface area contributed by atoms with Gasteiger partial charge >= 0.3 is 0 Å². The van der Waals surface area contributed by atoms with E-state index in [1.54, 1.807) is 19.2 Å². The van der Waals surface area contributed by atoms with E-state index in [9.17, 15) is 18.3 Å². The first-order chi connectivity index (χ1) is 20.7. The van der Waals surface area contributed by atoms with E-state index >= 15 is 0 Å². The molecule has 1 amide bonds. The van der Waals surface area contributed by atoms with Crippen molar-refractivity contribution in [2.24, 2.45) is 5.41 Å². The van der Waals surface area contributed by atoms with Crippen molar-refractivity contribution in [1.82, 2.24) is 14.5 Å². The molecule has 0 bridgehead atoms. The molecule has 1 spiro atoms. The highest BCUT2D eigenvalue weighted by Crippen LogP contribution is 2.37. The van der Waals surface area contributed by atoms with Crippen LogP contribution in [0.2, 0.25) is 0 Å². The minimum absolute atomic E-state index is 0.0149. The summed E-state index contributed by atoms with van der Waals surface area (Å²) in [6, 6.07) is 21.8. The van der Waals surface area contributed by atoms with Gasteiger partial charge in [0.15, 0.2) is 6.61 Å². The lowest BCUT2D eigenvalue weighted by molar-refractivity contribution is -0.136. The largest absolute Gasteiger partial charge is 0.497 e. The van der Waals surface area contributed by atoms with Gasteiger partial charge in [-0.25, -0.2) is 13.1 Å². The van der Waals surface area contributed by atoms with Crippen LogP contribution in [0.25, 0.3) is 11.1 Å². The average Bonchev–Trinajstić information content (AvgIpc) is 3.02. The number of fused-ring (bicyclic) bond motifs is 1. The van der Waals surface area contributed by atoms with E-state index < -0.39 is 16.1 Å². The predicted molar refractivity (Wildman–Crippen MR) is 163 cm³/mol. The second kappa shape index (κ2) is 13.3. The average molecular weight is 610 g/mol. The van der Waals surface area contributed by atoms with E-state index in [4.69, 9.17) is 14.2 Å². The summed E-state index contributed by atoms with van der Waals surface area (Å²) in [6.45, 7) is 2.04. The standard InChI is InChI=1S/C32H39N3O7S/c1-34-20-26(36)19-33-43(38,39)30-12-11-25(24-7-6-10-28(17-24)40-2)18-29(30)42-23-32(22-34)13-15-35(16-14-32)31(37)21-41-27-8-4-3-5-9-27/h3-12,17-18,26,33,36H,13-16,19-23H2,1-2H3. The van der Waals surface area contributed by atoms with Gasteiger partial charge in [0.2, 0.25) is 10.0 Å². The Morgan fingerprint density at radius 3 is 2.49 bits per heavy atom. The summed E-state index contributed by atoms with van der Waals surface area (Å²) >= 11 is 0. The molecule has 11 heteroatoms. The Morgan fingerprint density at radius 2 is 1.74 bits per heavy atom. The summed E-state index contributed by atoms with van der Waals surface area (Å²) in [4.78, 5) is 16.8. The molecule has 230 valence electrons. The number of hydrogen-bond acceptors (Lipinski definition) is 8. The number of carbonyl (C=O) groups is 1. The van der Waals surface area contributed by atoms with Crippen molar-refractivity contribution in [3.05, 3.63) is 72.8 Å². The number of hydrogen-bond donors (Lipinski definition) is 2. The second-order valence-corrected chi connectivity index (χ2v) is 13.1. The number of piperidine rings is 1. The first-order valence-corrected chi connectivity index (χ1v) is 15.9. The molecule has 2 aliphatic rings. The van der Waals surface area contributed by atoms with Crippen LogP contribution in [0.5, 0.6) is 17.2 Å². The lowest BCUT2D eigenvalue weighted by Gasteiger charge is -2.44. The zero-order chi connectivity index (χ0) is 30.5. The van der Waals surface area contributed by atoms with Gasteiger partial charge in [-0.1, -0.05) is 36.4 Å². The van der Waals surface area contributed by atoms with E-state index in [2.05, 4.69) is 4.72 Å². The molecule has 2 heterocycles. The van der Waals surface area contributed by atoms with Crippen LogP contribution in [0, 0.1) is 5.41 Å². The molecule has 1 unspecified atom stereocenters. The lowest BCUT2D eigenvalue weighted by Crippen LogP contribution is -2.52. The van der Waals surface area contributed by atoms with Gasteiger partial charge in [-0.2, -0.15) is 0 Å². The number of β-amino-alcohol motifs (C(OH)–C–C–N with tert-alkyl or cyclic N) is 1. The van der Waals surface area contributed by atoms with Crippen LogP contribution < -0.4 is 18.9 Å². The SMILES string of the molecule is COc1cccc(-c2ccc3c(c2)OCC2(CCN(C(=O)COc4ccccc4)CC2)CN(C)CC(O)CNS3(=O)=O)c1. The predicted octanol–water partition coefficient (Wildman–Crippen LogP) is 3.01. The first kappa shape index (κ1) is 30.8. The summed E-state index contributed by atoms with van der Waals surface area (Å²) in [5, 5.41) is 10.7. The topological polar surface area (TPSA) is 118 Å². The minimum Gasteiger partial charge on any atom is -0.497 e. The monoisotopic (exact) mass is 609 g/mol. The number of methoxy groups -OCH3 is 1. The van der Waals surface area contributed by atoms with Crippen molar-refractivity contribution >= 4 is 15.9 Å². The van der Waals surface area contributed by atoms with Crippen LogP contribution in [0.15, 0.2) is 77.7 Å². The van der Waals surface area contributed by atoms with E-state index in [1.165, 1.54) is 6.07 Å². The maximum Gasteiger partial charge on any atom is 0.260 e. The molecule has 43 heavy (non-hydrogen) atoms. The van der Waals surface area contributed by atoms with Gasteiger partial charge in [-0.15, -0.1) is 0 Å². The Bertz CT molecular complexity index is 1510. The summed E-state index contributed by atoms with van der Waals surface area (Å²) in [5.41, 5.74) is 1.27. The molecule has 3 aromatic rings. The van der Waals surface area contributed by atoms with E-state index in [0.29, 0.717) is 50.5 Å². The molecule has 3 aromatic carbocycles. The number of likely N-dealkylation sites (N-methyl/N-ethyl adjacent to an activating group) is 1. The van der Waals surface area contributed by atoms with Crippen molar-refractivity contribution < 1.29 is 32.5 Å². The number of nitrogens with zero attached hydrogens (tertiary/aromatic N) is 2. The van der Waals surface area contributed by atoms with Crippen LogP contribution in [-0.2, 0) is 14.8 Å². The van der Waals surface area contributed by atoms with Crippen molar-refractivity contribution in [2.75, 3.05) is 60.1 Å². The Morgan fingerprint density at radius 1 is 1.02 bits per heavy atom. The Kier molecular flexibility index (Phi) is 9.55. The van der Waals surface area contributed by atoms with Crippen LogP contribution >= 0.6 is 0 Å². The van der Waals surface area contributed by atoms with Gasteiger partial charge < -0.3 is 29.1 Å². The molecule has 1 saturated heterocycles. The van der Waals surface area contributed by atoms with Gasteiger partial charge in [0.1, 0.15) is 22.1 Å². The van der Waals surface area contributed by atoms with Gasteiger partial charge in [-0.3, -0.25) is 4.79 Å². The first-order valence-electron chi connectivity index (χ1n) is 14.4. The Labute approximate surface area is 253 Å². The number of likely N-dealkylation sites (tertiary alicyclic amines) is 1.